The highest BCUT2D eigenvalue weighted by Gasteiger charge is 2.21. The zero-order valence-corrected chi connectivity index (χ0v) is 13.2. The summed E-state index contributed by atoms with van der Waals surface area (Å²) in [6.45, 7) is 8.15. The largest absolute Gasteiger partial charge is 0.466 e. The second kappa shape index (κ2) is 9.88. The van der Waals surface area contributed by atoms with Gasteiger partial charge in [0.1, 0.15) is 5.60 Å². The number of hydrogen-bond acceptors (Lipinski definition) is 5. The minimum Gasteiger partial charge on any atom is -0.466 e. The maximum atomic E-state index is 12.0. The summed E-state index contributed by atoms with van der Waals surface area (Å²) >= 11 is 0. The Kier molecular flexibility index (Phi) is 8.96. The van der Waals surface area contributed by atoms with Gasteiger partial charge in [-0.2, -0.15) is 0 Å². The van der Waals surface area contributed by atoms with Gasteiger partial charge in [0.15, 0.2) is 0 Å². The van der Waals surface area contributed by atoms with Crippen molar-refractivity contribution >= 4 is 12.1 Å². The van der Waals surface area contributed by atoms with Gasteiger partial charge in [0.05, 0.1) is 6.61 Å². The van der Waals surface area contributed by atoms with Crippen LogP contribution in [0, 0.1) is 0 Å². The number of hydrogen-bond donors (Lipinski definition) is 0. The van der Waals surface area contributed by atoms with E-state index in [4.69, 9.17) is 15.0 Å². The third kappa shape index (κ3) is 10.5. The number of ether oxygens (including phenoxy) is 2. The molecule has 0 spiro atoms. The predicted octanol–water partition coefficient (Wildman–Crippen LogP) is 2.88. The SMILES string of the molecule is CCOC(=O)CCCN(CCN=[N+]=[N-])C(=O)OC(C)(C)C. The van der Waals surface area contributed by atoms with Gasteiger partial charge in [-0.1, -0.05) is 5.11 Å². The lowest BCUT2D eigenvalue weighted by Crippen LogP contribution is -2.39. The molecule has 0 saturated heterocycles. The van der Waals surface area contributed by atoms with Crippen molar-refractivity contribution < 1.29 is 19.1 Å². The van der Waals surface area contributed by atoms with Crippen LogP contribution in [0.25, 0.3) is 10.4 Å². The highest BCUT2D eigenvalue weighted by molar-refractivity contribution is 5.70. The third-order valence-corrected chi connectivity index (χ3v) is 2.30. The zero-order valence-electron chi connectivity index (χ0n) is 13.2. The molecule has 1 amide bonds. The predicted molar refractivity (Wildman–Crippen MR) is 77.7 cm³/mol. The van der Waals surface area contributed by atoms with E-state index in [1.54, 1.807) is 27.7 Å². The van der Waals surface area contributed by atoms with Crippen LogP contribution in [0.15, 0.2) is 5.11 Å². The molecule has 0 aromatic heterocycles. The molecule has 0 aromatic carbocycles. The van der Waals surface area contributed by atoms with Crippen LogP contribution in [-0.2, 0) is 14.3 Å². The van der Waals surface area contributed by atoms with Crippen LogP contribution in [0.2, 0.25) is 0 Å². The monoisotopic (exact) mass is 300 g/mol. The van der Waals surface area contributed by atoms with Crippen molar-refractivity contribution in [2.45, 2.75) is 46.1 Å². The topological polar surface area (TPSA) is 105 Å². The molecule has 0 rings (SSSR count). The summed E-state index contributed by atoms with van der Waals surface area (Å²) in [6, 6.07) is 0. The molecule has 0 N–H and O–H groups in total. The number of rotatable bonds is 8. The molecule has 21 heavy (non-hydrogen) atoms. The van der Waals surface area contributed by atoms with E-state index in [0.29, 0.717) is 19.6 Å². The van der Waals surface area contributed by atoms with Crippen molar-refractivity contribution in [3.63, 3.8) is 0 Å². The molecule has 0 fully saturated rings. The summed E-state index contributed by atoms with van der Waals surface area (Å²) in [6.07, 6.45) is 0.211. The third-order valence-electron chi connectivity index (χ3n) is 2.30. The molecule has 0 bridgehead atoms. The standard InChI is InChI=1S/C13H24N4O4/c1-5-20-11(18)7-6-9-17(10-8-15-16-14)12(19)21-13(2,3)4/h5-10H2,1-4H3. The maximum absolute atomic E-state index is 12.0. The van der Waals surface area contributed by atoms with Crippen LogP contribution in [0.3, 0.4) is 0 Å². The summed E-state index contributed by atoms with van der Waals surface area (Å²) in [4.78, 5) is 27.3. The first-order chi connectivity index (χ1) is 9.80. The van der Waals surface area contributed by atoms with Crippen molar-refractivity contribution in [1.82, 2.24) is 4.90 Å². The zero-order chi connectivity index (χ0) is 16.3. The first-order valence-electron chi connectivity index (χ1n) is 6.94. The molecule has 120 valence electrons. The van der Waals surface area contributed by atoms with Gasteiger partial charge in [-0.15, -0.1) is 0 Å². The molecule has 0 aromatic rings. The average Bonchev–Trinajstić information content (AvgIpc) is 2.35. The normalized spacial score (nSPS) is 10.5. The van der Waals surface area contributed by atoms with E-state index < -0.39 is 11.7 Å². The van der Waals surface area contributed by atoms with Crippen LogP contribution in [0.5, 0.6) is 0 Å². The minimum absolute atomic E-state index is 0.162. The quantitative estimate of drug-likeness (QED) is 0.297. The number of carbonyl (C=O) groups is 2. The highest BCUT2D eigenvalue weighted by atomic mass is 16.6. The summed E-state index contributed by atoms with van der Waals surface area (Å²) in [5, 5.41) is 3.40. The van der Waals surface area contributed by atoms with Gasteiger partial charge < -0.3 is 14.4 Å². The Hall–Kier alpha value is -1.95. The Morgan fingerprint density at radius 2 is 1.95 bits per heavy atom. The molecule has 0 aliphatic heterocycles. The molecule has 0 radical (unpaired) electrons. The molecular formula is C13H24N4O4. The van der Waals surface area contributed by atoms with E-state index in [0.717, 1.165) is 0 Å². The Morgan fingerprint density at radius 1 is 1.29 bits per heavy atom. The Labute approximate surface area is 125 Å². The lowest BCUT2D eigenvalue weighted by Gasteiger charge is -2.27. The second-order valence-electron chi connectivity index (χ2n) is 5.33. The van der Waals surface area contributed by atoms with Crippen LogP contribution < -0.4 is 0 Å². The number of carbonyl (C=O) groups excluding carboxylic acids is 2. The van der Waals surface area contributed by atoms with Crippen molar-refractivity contribution in [3.8, 4) is 0 Å². The van der Waals surface area contributed by atoms with E-state index in [1.165, 1.54) is 4.90 Å². The van der Waals surface area contributed by atoms with E-state index in [2.05, 4.69) is 10.0 Å². The fourth-order valence-electron chi connectivity index (χ4n) is 1.48. The van der Waals surface area contributed by atoms with Gasteiger partial charge in [-0.25, -0.2) is 4.79 Å². The van der Waals surface area contributed by atoms with Gasteiger partial charge >= 0.3 is 12.1 Å². The second-order valence-corrected chi connectivity index (χ2v) is 5.33. The van der Waals surface area contributed by atoms with E-state index >= 15 is 0 Å². The number of nitrogens with zero attached hydrogens (tertiary/aromatic N) is 4. The lowest BCUT2D eigenvalue weighted by atomic mass is 10.2. The lowest BCUT2D eigenvalue weighted by molar-refractivity contribution is -0.143. The molecule has 0 aliphatic rings. The van der Waals surface area contributed by atoms with Crippen molar-refractivity contribution in [3.05, 3.63) is 10.4 Å². The van der Waals surface area contributed by atoms with E-state index in [1.807, 2.05) is 0 Å². The molecular weight excluding hydrogens is 276 g/mol. The minimum atomic E-state index is -0.602. The van der Waals surface area contributed by atoms with E-state index in [-0.39, 0.29) is 25.5 Å². The summed E-state index contributed by atoms with van der Waals surface area (Å²) in [5.74, 6) is -0.295. The van der Waals surface area contributed by atoms with Crippen LogP contribution >= 0.6 is 0 Å². The average molecular weight is 300 g/mol. The molecule has 0 atom stereocenters. The first kappa shape index (κ1) is 19.1. The van der Waals surface area contributed by atoms with E-state index in [9.17, 15) is 9.59 Å². The van der Waals surface area contributed by atoms with Crippen LogP contribution in [-0.4, -0.2) is 48.8 Å². The number of esters is 1. The van der Waals surface area contributed by atoms with Gasteiger partial charge in [-0.3, -0.25) is 4.79 Å². The Bertz CT molecular complexity index is 386. The fourth-order valence-corrected chi connectivity index (χ4v) is 1.48. The first-order valence-corrected chi connectivity index (χ1v) is 6.94. The fraction of sp³-hybridized carbons (Fsp3) is 0.846. The molecule has 0 aliphatic carbocycles. The van der Waals surface area contributed by atoms with Crippen molar-refractivity contribution in [2.75, 3.05) is 26.2 Å². The van der Waals surface area contributed by atoms with Crippen LogP contribution in [0.4, 0.5) is 4.79 Å². The van der Waals surface area contributed by atoms with Gasteiger partial charge in [0.25, 0.3) is 0 Å². The summed E-state index contributed by atoms with van der Waals surface area (Å²) < 4.78 is 10.1. The molecule has 8 heteroatoms. The Morgan fingerprint density at radius 3 is 2.48 bits per heavy atom. The molecule has 8 nitrogen and oxygen atoms in total. The summed E-state index contributed by atoms with van der Waals surface area (Å²) in [7, 11) is 0. The van der Waals surface area contributed by atoms with Gasteiger partial charge in [0, 0.05) is 31.0 Å². The van der Waals surface area contributed by atoms with Crippen molar-refractivity contribution in [2.24, 2.45) is 5.11 Å². The summed E-state index contributed by atoms with van der Waals surface area (Å²) in [5.41, 5.74) is 7.67. The van der Waals surface area contributed by atoms with Crippen molar-refractivity contribution in [1.29, 1.82) is 0 Å². The molecule has 0 unspecified atom stereocenters. The number of azide groups is 1. The Balaban J connectivity index is 4.41. The smallest absolute Gasteiger partial charge is 0.410 e. The molecule has 0 saturated carbocycles. The number of amides is 1. The highest BCUT2D eigenvalue weighted by Crippen LogP contribution is 2.10. The molecule has 0 heterocycles. The van der Waals surface area contributed by atoms with Gasteiger partial charge in [-0.05, 0) is 39.6 Å². The van der Waals surface area contributed by atoms with Crippen LogP contribution in [0.1, 0.15) is 40.5 Å². The maximum Gasteiger partial charge on any atom is 0.410 e. The van der Waals surface area contributed by atoms with Gasteiger partial charge in [0.2, 0.25) is 0 Å².